The van der Waals surface area contributed by atoms with Gasteiger partial charge in [-0.2, -0.15) is 0 Å². The van der Waals surface area contributed by atoms with Crippen LogP contribution >= 0.6 is 0 Å². The topological polar surface area (TPSA) is 61.3 Å². The van der Waals surface area contributed by atoms with E-state index in [4.69, 9.17) is 16.2 Å². The van der Waals surface area contributed by atoms with Crippen molar-refractivity contribution in [1.82, 2.24) is 0 Å². The summed E-state index contributed by atoms with van der Waals surface area (Å²) in [5, 5.41) is 0. The number of hydrogen-bond acceptors (Lipinski definition) is 3. The van der Waals surface area contributed by atoms with Crippen molar-refractivity contribution in [1.29, 1.82) is 0 Å². The summed E-state index contributed by atoms with van der Waals surface area (Å²) in [4.78, 5) is 0. The molecule has 3 heteroatoms. The molecule has 1 rings (SSSR count). The Labute approximate surface area is 91.4 Å². The molecule has 0 aliphatic heterocycles. The molecule has 4 N–H and O–H groups in total. The number of methoxy groups -OCH3 is 1. The van der Waals surface area contributed by atoms with Gasteiger partial charge in [-0.15, -0.1) is 0 Å². The van der Waals surface area contributed by atoms with Gasteiger partial charge in [0, 0.05) is 0 Å². The molecule has 0 aromatic heterocycles. The molecule has 1 unspecified atom stereocenters. The Kier molecular flexibility index (Phi) is 4.59. The summed E-state index contributed by atoms with van der Waals surface area (Å²) in [7, 11) is 1.69. The summed E-state index contributed by atoms with van der Waals surface area (Å²) in [6, 6.07) is 8.02. The van der Waals surface area contributed by atoms with E-state index in [1.165, 1.54) is 5.56 Å². The molecule has 1 aromatic rings. The lowest BCUT2D eigenvalue weighted by atomic mass is 9.87. The van der Waals surface area contributed by atoms with Crippen LogP contribution in [0.15, 0.2) is 24.3 Å². The van der Waals surface area contributed by atoms with E-state index < -0.39 is 0 Å². The van der Waals surface area contributed by atoms with Crippen LogP contribution in [-0.2, 0) is 0 Å². The first-order valence-corrected chi connectivity index (χ1v) is 5.27. The summed E-state index contributed by atoms with van der Waals surface area (Å²) in [6.45, 7) is 3.35. The van der Waals surface area contributed by atoms with E-state index in [9.17, 15) is 0 Å². The molecule has 3 nitrogen and oxygen atoms in total. The molecular formula is C12H20N2O. The van der Waals surface area contributed by atoms with Crippen molar-refractivity contribution in [3.05, 3.63) is 29.8 Å². The highest BCUT2D eigenvalue weighted by Crippen LogP contribution is 2.30. The molecule has 0 radical (unpaired) electrons. The van der Waals surface area contributed by atoms with Crippen LogP contribution < -0.4 is 16.2 Å². The fraction of sp³-hybridized carbons (Fsp3) is 0.500. The molecule has 0 bridgehead atoms. The second-order valence-corrected chi connectivity index (χ2v) is 3.76. The average Bonchev–Trinajstić information content (AvgIpc) is 2.30. The Morgan fingerprint density at radius 3 is 2.33 bits per heavy atom. The van der Waals surface area contributed by atoms with Crippen LogP contribution in [0.2, 0.25) is 0 Å². The first-order chi connectivity index (χ1) is 7.24. The average molecular weight is 208 g/mol. The maximum atomic E-state index is 5.69. The van der Waals surface area contributed by atoms with E-state index in [2.05, 4.69) is 13.0 Å². The second-order valence-electron chi connectivity index (χ2n) is 3.76. The van der Waals surface area contributed by atoms with Crippen molar-refractivity contribution in [2.45, 2.75) is 12.8 Å². The smallest absolute Gasteiger partial charge is 0.122 e. The van der Waals surface area contributed by atoms with E-state index in [1.807, 2.05) is 18.2 Å². The van der Waals surface area contributed by atoms with Crippen LogP contribution in [-0.4, -0.2) is 20.2 Å². The van der Waals surface area contributed by atoms with E-state index >= 15 is 0 Å². The van der Waals surface area contributed by atoms with Gasteiger partial charge in [-0.3, -0.25) is 0 Å². The lowest BCUT2D eigenvalue weighted by Gasteiger charge is -2.22. The SMILES string of the molecule is COc1ccccc1C(C)C(CN)CN. The van der Waals surface area contributed by atoms with Crippen molar-refractivity contribution >= 4 is 0 Å². The quantitative estimate of drug-likeness (QED) is 0.767. The fourth-order valence-corrected chi connectivity index (χ4v) is 1.80. The predicted molar refractivity (Wildman–Crippen MR) is 63.0 cm³/mol. The largest absolute Gasteiger partial charge is 0.496 e. The van der Waals surface area contributed by atoms with Crippen LogP contribution in [0.1, 0.15) is 18.4 Å². The highest BCUT2D eigenvalue weighted by molar-refractivity contribution is 5.36. The predicted octanol–water partition coefficient (Wildman–Crippen LogP) is 1.33. The first-order valence-electron chi connectivity index (χ1n) is 5.27. The number of rotatable bonds is 5. The van der Waals surface area contributed by atoms with Gasteiger partial charge in [0.05, 0.1) is 7.11 Å². The van der Waals surface area contributed by atoms with Gasteiger partial charge in [0.25, 0.3) is 0 Å². The Balaban J connectivity index is 2.93. The van der Waals surface area contributed by atoms with Crippen molar-refractivity contribution in [2.75, 3.05) is 20.2 Å². The molecule has 0 saturated carbocycles. The number of nitrogens with two attached hydrogens (primary N) is 2. The minimum absolute atomic E-state index is 0.307. The molecule has 84 valence electrons. The van der Waals surface area contributed by atoms with Crippen LogP contribution in [0.3, 0.4) is 0 Å². The highest BCUT2D eigenvalue weighted by Gasteiger charge is 2.18. The Hall–Kier alpha value is -1.06. The lowest BCUT2D eigenvalue weighted by Crippen LogP contribution is -2.28. The maximum absolute atomic E-state index is 5.69. The molecule has 0 fully saturated rings. The number of ether oxygens (including phenoxy) is 1. The lowest BCUT2D eigenvalue weighted by molar-refractivity contribution is 0.392. The van der Waals surface area contributed by atoms with Crippen molar-refractivity contribution in [3.63, 3.8) is 0 Å². The van der Waals surface area contributed by atoms with Crippen molar-refractivity contribution in [3.8, 4) is 5.75 Å². The van der Waals surface area contributed by atoms with Crippen molar-refractivity contribution < 1.29 is 4.74 Å². The minimum Gasteiger partial charge on any atom is -0.496 e. The molecule has 15 heavy (non-hydrogen) atoms. The van der Waals surface area contributed by atoms with Gasteiger partial charge < -0.3 is 16.2 Å². The van der Waals surface area contributed by atoms with Gasteiger partial charge in [-0.1, -0.05) is 25.1 Å². The van der Waals surface area contributed by atoms with E-state index in [0.717, 1.165) is 5.75 Å². The zero-order chi connectivity index (χ0) is 11.3. The summed E-state index contributed by atoms with van der Waals surface area (Å²) in [6.07, 6.45) is 0. The van der Waals surface area contributed by atoms with Gasteiger partial charge in [0.15, 0.2) is 0 Å². The maximum Gasteiger partial charge on any atom is 0.122 e. The Morgan fingerprint density at radius 2 is 1.80 bits per heavy atom. The highest BCUT2D eigenvalue weighted by atomic mass is 16.5. The number of benzene rings is 1. The van der Waals surface area contributed by atoms with Gasteiger partial charge >= 0.3 is 0 Å². The van der Waals surface area contributed by atoms with Crippen LogP contribution in [0.5, 0.6) is 5.75 Å². The normalized spacial score (nSPS) is 12.9. The zero-order valence-electron chi connectivity index (χ0n) is 9.44. The molecule has 0 spiro atoms. The molecule has 1 aromatic carbocycles. The third kappa shape index (κ3) is 2.70. The summed E-state index contributed by atoms with van der Waals surface area (Å²) in [5.74, 6) is 1.55. The minimum atomic E-state index is 0.307. The third-order valence-electron chi connectivity index (χ3n) is 2.94. The standard InChI is InChI=1S/C12H20N2O/c1-9(10(7-13)8-14)11-5-3-4-6-12(11)15-2/h3-6,9-10H,7-8,13-14H2,1-2H3. The second kappa shape index (κ2) is 5.73. The molecule has 0 aliphatic rings. The fourth-order valence-electron chi connectivity index (χ4n) is 1.80. The molecule has 0 saturated heterocycles. The number of para-hydroxylation sites is 1. The molecule has 1 atom stereocenters. The summed E-state index contributed by atoms with van der Waals surface area (Å²) >= 11 is 0. The monoisotopic (exact) mass is 208 g/mol. The van der Waals surface area contributed by atoms with E-state index in [1.54, 1.807) is 7.11 Å². The van der Waals surface area contributed by atoms with Gasteiger partial charge in [0.1, 0.15) is 5.75 Å². The van der Waals surface area contributed by atoms with Gasteiger partial charge in [-0.25, -0.2) is 0 Å². The molecule has 0 aliphatic carbocycles. The summed E-state index contributed by atoms with van der Waals surface area (Å²) in [5.41, 5.74) is 12.6. The van der Waals surface area contributed by atoms with Crippen molar-refractivity contribution in [2.24, 2.45) is 17.4 Å². The molecular weight excluding hydrogens is 188 g/mol. The van der Waals surface area contributed by atoms with Crippen LogP contribution in [0.4, 0.5) is 0 Å². The Morgan fingerprint density at radius 1 is 1.20 bits per heavy atom. The van der Waals surface area contributed by atoms with E-state index in [0.29, 0.717) is 24.9 Å². The van der Waals surface area contributed by atoms with Crippen LogP contribution in [0.25, 0.3) is 0 Å². The Bertz CT molecular complexity index is 297. The van der Waals surface area contributed by atoms with E-state index in [-0.39, 0.29) is 0 Å². The van der Waals surface area contributed by atoms with Gasteiger partial charge in [0.2, 0.25) is 0 Å². The third-order valence-corrected chi connectivity index (χ3v) is 2.94. The van der Waals surface area contributed by atoms with Gasteiger partial charge in [-0.05, 0) is 36.6 Å². The van der Waals surface area contributed by atoms with Crippen LogP contribution in [0, 0.1) is 5.92 Å². The molecule has 0 amide bonds. The zero-order valence-corrected chi connectivity index (χ0v) is 9.44. The summed E-state index contributed by atoms with van der Waals surface area (Å²) < 4.78 is 5.32. The first kappa shape index (κ1) is 12.0. The number of hydrogen-bond donors (Lipinski definition) is 2. The molecule has 0 heterocycles.